The first-order valence-electron chi connectivity index (χ1n) is 6.26. The molecule has 5 heteroatoms. The van der Waals surface area contributed by atoms with Crippen molar-refractivity contribution in [3.8, 4) is 0 Å². The maximum absolute atomic E-state index is 11.9. The smallest absolute Gasteiger partial charge is 0.321 e. The average Bonchev–Trinajstić information content (AvgIpc) is 2.38. The van der Waals surface area contributed by atoms with Gasteiger partial charge in [-0.15, -0.1) is 0 Å². The number of nitrogens with zero attached hydrogens (tertiary/aromatic N) is 1. The molecule has 0 radical (unpaired) electrons. The van der Waals surface area contributed by atoms with E-state index >= 15 is 0 Å². The standard InChI is InChI=1S/C14H20N2O3/c1-4-11(13(17)18)9-15-14(19)16(3)12-7-5-10(2)6-8-12/h5-8,11H,4,9H2,1-3H3,(H,15,19)(H,17,18). The summed E-state index contributed by atoms with van der Waals surface area (Å²) in [6.07, 6.45) is 0.490. The second kappa shape index (κ2) is 6.78. The zero-order chi connectivity index (χ0) is 14.4. The highest BCUT2D eigenvalue weighted by atomic mass is 16.4. The minimum absolute atomic E-state index is 0.140. The number of urea groups is 1. The van der Waals surface area contributed by atoms with Gasteiger partial charge < -0.3 is 10.4 Å². The van der Waals surface area contributed by atoms with Crippen molar-refractivity contribution < 1.29 is 14.7 Å². The molecular weight excluding hydrogens is 244 g/mol. The van der Waals surface area contributed by atoms with Crippen LogP contribution < -0.4 is 10.2 Å². The van der Waals surface area contributed by atoms with E-state index in [0.717, 1.165) is 11.3 Å². The Morgan fingerprint density at radius 3 is 2.37 bits per heavy atom. The molecule has 0 saturated carbocycles. The van der Waals surface area contributed by atoms with Crippen LogP contribution in [0.1, 0.15) is 18.9 Å². The first-order valence-corrected chi connectivity index (χ1v) is 6.26. The highest BCUT2D eigenvalue weighted by Gasteiger charge is 2.17. The van der Waals surface area contributed by atoms with Crippen molar-refractivity contribution in [2.45, 2.75) is 20.3 Å². The highest BCUT2D eigenvalue weighted by Crippen LogP contribution is 2.13. The largest absolute Gasteiger partial charge is 0.481 e. The fraction of sp³-hybridized carbons (Fsp3) is 0.429. The maximum atomic E-state index is 11.9. The van der Waals surface area contributed by atoms with E-state index < -0.39 is 11.9 Å². The van der Waals surface area contributed by atoms with Gasteiger partial charge in [-0.3, -0.25) is 9.69 Å². The molecular formula is C14H20N2O3. The third kappa shape index (κ3) is 4.28. The summed E-state index contributed by atoms with van der Waals surface area (Å²) in [4.78, 5) is 24.2. The number of carboxylic acids is 1. The molecule has 0 heterocycles. The fourth-order valence-corrected chi connectivity index (χ4v) is 1.62. The highest BCUT2D eigenvalue weighted by molar-refractivity contribution is 5.91. The summed E-state index contributed by atoms with van der Waals surface area (Å²) in [6, 6.07) is 7.24. The van der Waals surface area contributed by atoms with Crippen LogP contribution in [0.15, 0.2) is 24.3 Å². The first-order chi connectivity index (χ1) is 8.95. The molecule has 0 saturated heterocycles. The Morgan fingerprint density at radius 2 is 1.89 bits per heavy atom. The lowest BCUT2D eigenvalue weighted by Gasteiger charge is -2.19. The lowest BCUT2D eigenvalue weighted by molar-refractivity contribution is -0.141. The van der Waals surface area contributed by atoms with Crippen LogP contribution in [0, 0.1) is 12.8 Å². The Labute approximate surface area is 113 Å². The van der Waals surface area contributed by atoms with Gasteiger partial charge in [0.15, 0.2) is 0 Å². The van der Waals surface area contributed by atoms with Crippen LogP contribution in [-0.2, 0) is 4.79 Å². The molecule has 0 aliphatic rings. The van der Waals surface area contributed by atoms with E-state index in [1.54, 1.807) is 14.0 Å². The monoisotopic (exact) mass is 264 g/mol. The summed E-state index contributed by atoms with van der Waals surface area (Å²) >= 11 is 0. The van der Waals surface area contributed by atoms with Crippen molar-refractivity contribution in [3.05, 3.63) is 29.8 Å². The lowest BCUT2D eigenvalue weighted by Crippen LogP contribution is -2.41. The summed E-state index contributed by atoms with van der Waals surface area (Å²) in [5.74, 6) is -1.43. The Bertz CT molecular complexity index is 443. The fourth-order valence-electron chi connectivity index (χ4n) is 1.62. The Kier molecular flexibility index (Phi) is 5.36. The number of benzene rings is 1. The molecule has 0 aliphatic heterocycles. The van der Waals surface area contributed by atoms with Crippen molar-refractivity contribution in [2.24, 2.45) is 5.92 Å². The van der Waals surface area contributed by atoms with E-state index in [-0.39, 0.29) is 12.6 Å². The van der Waals surface area contributed by atoms with Gasteiger partial charge in [-0.2, -0.15) is 0 Å². The minimum atomic E-state index is -0.888. The molecule has 0 spiro atoms. The molecule has 1 aromatic carbocycles. The van der Waals surface area contributed by atoms with E-state index in [4.69, 9.17) is 5.11 Å². The average molecular weight is 264 g/mol. The van der Waals surface area contributed by atoms with E-state index in [1.807, 2.05) is 31.2 Å². The van der Waals surface area contributed by atoms with E-state index in [0.29, 0.717) is 6.42 Å². The van der Waals surface area contributed by atoms with Gasteiger partial charge in [-0.05, 0) is 25.5 Å². The van der Waals surface area contributed by atoms with E-state index in [2.05, 4.69) is 5.32 Å². The molecule has 0 fully saturated rings. The number of hydrogen-bond acceptors (Lipinski definition) is 2. The molecule has 104 valence electrons. The molecule has 0 aromatic heterocycles. The second-order valence-corrected chi connectivity index (χ2v) is 4.52. The topological polar surface area (TPSA) is 69.6 Å². The van der Waals surface area contributed by atoms with Gasteiger partial charge in [-0.1, -0.05) is 24.6 Å². The molecule has 2 amide bonds. The van der Waals surface area contributed by atoms with Crippen LogP contribution in [0.3, 0.4) is 0 Å². The van der Waals surface area contributed by atoms with Crippen LogP contribution in [0.2, 0.25) is 0 Å². The molecule has 0 bridgehead atoms. The molecule has 1 aromatic rings. The number of carbonyl (C=O) groups is 2. The minimum Gasteiger partial charge on any atom is -0.481 e. The van der Waals surface area contributed by atoms with Gasteiger partial charge in [0.2, 0.25) is 0 Å². The van der Waals surface area contributed by atoms with Gasteiger partial charge in [0, 0.05) is 19.3 Å². The molecule has 1 unspecified atom stereocenters. The Morgan fingerprint density at radius 1 is 1.32 bits per heavy atom. The summed E-state index contributed by atoms with van der Waals surface area (Å²) in [5, 5.41) is 11.5. The Balaban J connectivity index is 2.58. The molecule has 5 nitrogen and oxygen atoms in total. The van der Waals surface area contributed by atoms with Crippen LogP contribution in [0.25, 0.3) is 0 Å². The normalized spacial score (nSPS) is 11.7. The van der Waals surface area contributed by atoms with Crippen LogP contribution in [0.4, 0.5) is 10.5 Å². The number of nitrogens with one attached hydrogen (secondary N) is 1. The second-order valence-electron chi connectivity index (χ2n) is 4.52. The quantitative estimate of drug-likeness (QED) is 0.857. The zero-order valence-electron chi connectivity index (χ0n) is 11.5. The van der Waals surface area contributed by atoms with Gasteiger partial charge >= 0.3 is 12.0 Å². The first kappa shape index (κ1) is 15.0. The summed E-state index contributed by atoms with van der Waals surface area (Å²) in [6.45, 7) is 3.90. The van der Waals surface area contributed by atoms with Crippen LogP contribution in [0.5, 0.6) is 0 Å². The number of hydrogen-bond donors (Lipinski definition) is 2. The lowest BCUT2D eigenvalue weighted by atomic mass is 10.1. The summed E-state index contributed by atoms with van der Waals surface area (Å²) in [7, 11) is 1.65. The molecule has 2 N–H and O–H groups in total. The van der Waals surface area contributed by atoms with Gasteiger partial charge in [0.05, 0.1) is 5.92 Å². The van der Waals surface area contributed by atoms with Crippen molar-refractivity contribution in [3.63, 3.8) is 0 Å². The number of aliphatic carboxylic acids is 1. The van der Waals surface area contributed by atoms with Crippen molar-refractivity contribution in [1.82, 2.24) is 5.32 Å². The third-order valence-corrected chi connectivity index (χ3v) is 3.07. The summed E-state index contributed by atoms with van der Waals surface area (Å²) < 4.78 is 0. The van der Waals surface area contributed by atoms with E-state index in [1.165, 1.54) is 4.90 Å². The van der Waals surface area contributed by atoms with Gasteiger partial charge in [-0.25, -0.2) is 4.79 Å². The van der Waals surface area contributed by atoms with Gasteiger partial charge in [0.25, 0.3) is 0 Å². The third-order valence-electron chi connectivity index (χ3n) is 3.07. The molecule has 0 aliphatic carbocycles. The number of rotatable bonds is 5. The number of amides is 2. The summed E-state index contributed by atoms with van der Waals surface area (Å²) in [5.41, 5.74) is 1.89. The Hall–Kier alpha value is -2.04. The number of carboxylic acid groups (broad SMARTS) is 1. The zero-order valence-corrected chi connectivity index (χ0v) is 11.5. The van der Waals surface area contributed by atoms with Crippen LogP contribution in [-0.4, -0.2) is 30.7 Å². The van der Waals surface area contributed by atoms with Crippen molar-refractivity contribution >= 4 is 17.7 Å². The van der Waals surface area contributed by atoms with E-state index in [9.17, 15) is 9.59 Å². The van der Waals surface area contributed by atoms with Crippen molar-refractivity contribution in [2.75, 3.05) is 18.5 Å². The number of carbonyl (C=O) groups excluding carboxylic acids is 1. The number of anilines is 1. The number of aryl methyl sites for hydroxylation is 1. The SMILES string of the molecule is CCC(CNC(=O)N(C)c1ccc(C)cc1)C(=O)O. The maximum Gasteiger partial charge on any atom is 0.321 e. The molecule has 1 atom stereocenters. The predicted molar refractivity (Wildman–Crippen MR) is 74.4 cm³/mol. The predicted octanol–water partition coefficient (Wildman–Crippen LogP) is 2.25. The van der Waals surface area contributed by atoms with Gasteiger partial charge in [0.1, 0.15) is 0 Å². The van der Waals surface area contributed by atoms with Crippen molar-refractivity contribution in [1.29, 1.82) is 0 Å². The molecule has 1 rings (SSSR count). The van der Waals surface area contributed by atoms with Crippen LogP contribution >= 0.6 is 0 Å². The molecule has 19 heavy (non-hydrogen) atoms.